The quantitative estimate of drug-likeness (QED) is 0.825. The average Bonchev–Trinajstić information content (AvgIpc) is 3.11. The zero-order chi connectivity index (χ0) is 17.2. The summed E-state index contributed by atoms with van der Waals surface area (Å²) in [5.74, 6) is 0.855. The third kappa shape index (κ3) is 4.07. The maximum atomic E-state index is 11.9. The van der Waals surface area contributed by atoms with E-state index in [-0.39, 0.29) is 23.5 Å². The van der Waals surface area contributed by atoms with Crippen LogP contribution >= 0.6 is 0 Å². The summed E-state index contributed by atoms with van der Waals surface area (Å²) in [5.41, 5.74) is 1.42. The Morgan fingerprint density at radius 1 is 1.33 bits per heavy atom. The predicted molar refractivity (Wildman–Crippen MR) is 88.0 cm³/mol. The molecule has 2 aromatic rings. The van der Waals surface area contributed by atoms with E-state index < -0.39 is 9.84 Å². The van der Waals surface area contributed by atoms with Crippen molar-refractivity contribution in [2.75, 3.05) is 23.4 Å². The first-order valence-corrected chi connectivity index (χ1v) is 9.33. The van der Waals surface area contributed by atoms with Crippen LogP contribution in [0.5, 0.6) is 0 Å². The van der Waals surface area contributed by atoms with Gasteiger partial charge in [0.2, 0.25) is 5.82 Å². The number of tetrazole rings is 1. The molecule has 2 amide bonds. The van der Waals surface area contributed by atoms with E-state index >= 15 is 0 Å². The average molecular weight is 350 g/mol. The number of anilines is 1. The number of hydrogen-bond donors (Lipinski definition) is 2. The van der Waals surface area contributed by atoms with Gasteiger partial charge in [0.05, 0.1) is 18.6 Å². The molecular weight excluding hydrogens is 332 g/mol. The number of carbonyl (C=O) groups excluding carboxylic acids is 1. The molecule has 9 nitrogen and oxygen atoms in total. The number of sulfone groups is 1. The van der Waals surface area contributed by atoms with Crippen molar-refractivity contribution in [2.45, 2.75) is 6.42 Å². The lowest BCUT2D eigenvalue weighted by molar-refractivity contribution is 0.250. The van der Waals surface area contributed by atoms with Crippen molar-refractivity contribution in [3.63, 3.8) is 0 Å². The van der Waals surface area contributed by atoms with Gasteiger partial charge in [-0.05, 0) is 41.8 Å². The Bertz CT molecular complexity index is 830. The second-order valence-electron chi connectivity index (χ2n) is 5.78. The van der Waals surface area contributed by atoms with Crippen LogP contribution in [0.1, 0.15) is 6.42 Å². The van der Waals surface area contributed by atoms with Crippen molar-refractivity contribution in [3.8, 4) is 11.4 Å². The van der Waals surface area contributed by atoms with Gasteiger partial charge < -0.3 is 10.6 Å². The van der Waals surface area contributed by atoms with Crippen molar-refractivity contribution in [3.05, 3.63) is 24.3 Å². The van der Waals surface area contributed by atoms with Gasteiger partial charge in [0, 0.05) is 17.8 Å². The molecule has 1 aromatic heterocycles. The Balaban J connectivity index is 1.51. The van der Waals surface area contributed by atoms with Crippen LogP contribution in [0.2, 0.25) is 0 Å². The van der Waals surface area contributed by atoms with Crippen molar-refractivity contribution >= 4 is 21.6 Å². The first-order valence-electron chi connectivity index (χ1n) is 7.51. The van der Waals surface area contributed by atoms with Crippen LogP contribution in [-0.2, 0) is 16.9 Å². The fraction of sp³-hybridized carbons (Fsp3) is 0.429. The molecule has 0 aliphatic carbocycles. The second kappa shape index (κ2) is 6.56. The number of urea groups is 1. The molecule has 1 saturated heterocycles. The van der Waals surface area contributed by atoms with Gasteiger partial charge >= 0.3 is 6.03 Å². The maximum absolute atomic E-state index is 11.9. The SMILES string of the molecule is Cn1nnc(-c2ccc(NC(=O)NC[C@H]3CCS(=O)(=O)C3)cc2)n1. The molecule has 1 aliphatic heterocycles. The number of hydrogen-bond acceptors (Lipinski definition) is 6. The normalized spacial score (nSPS) is 19.1. The van der Waals surface area contributed by atoms with Gasteiger partial charge in [-0.1, -0.05) is 0 Å². The summed E-state index contributed by atoms with van der Waals surface area (Å²) in [7, 11) is -1.24. The van der Waals surface area contributed by atoms with Crippen molar-refractivity contribution in [1.82, 2.24) is 25.5 Å². The summed E-state index contributed by atoms with van der Waals surface area (Å²) < 4.78 is 22.8. The zero-order valence-corrected chi connectivity index (χ0v) is 14.0. The Morgan fingerprint density at radius 3 is 2.67 bits per heavy atom. The summed E-state index contributed by atoms with van der Waals surface area (Å²) in [6.45, 7) is 0.354. The number of benzene rings is 1. The van der Waals surface area contributed by atoms with E-state index in [2.05, 4.69) is 26.0 Å². The van der Waals surface area contributed by atoms with Gasteiger partial charge in [0.1, 0.15) is 0 Å². The predicted octanol–water partition coefficient (Wildman–Crippen LogP) is 0.433. The van der Waals surface area contributed by atoms with E-state index in [0.29, 0.717) is 24.5 Å². The highest BCUT2D eigenvalue weighted by atomic mass is 32.2. The van der Waals surface area contributed by atoms with Crippen LogP contribution in [0.3, 0.4) is 0 Å². The molecule has 0 spiro atoms. The lowest BCUT2D eigenvalue weighted by Gasteiger charge is -2.11. The number of aromatic nitrogens is 4. The number of aryl methyl sites for hydroxylation is 1. The van der Waals surface area contributed by atoms with E-state index in [0.717, 1.165) is 5.56 Å². The van der Waals surface area contributed by atoms with E-state index in [1.807, 2.05) is 0 Å². The Labute approximate surface area is 139 Å². The van der Waals surface area contributed by atoms with Crippen molar-refractivity contribution in [2.24, 2.45) is 13.0 Å². The minimum Gasteiger partial charge on any atom is -0.338 e. The monoisotopic (exact) mass is 350 g/mol. The largest absolute Gasteiger partial charge is 0.338 e. The fourth-order valence-corrected chi connectivity index (χ4v) is 4.41. The summed E-state index contributed by atoms with van der Waals surface area (Å²) in [6, 6.07) is 6.70. The van der Waals surface area contributed by atoms with E-state index in [1.165, 1.54) is 4.80 Å². The summed E-state index contributed by atoms with van der Waals surface area (Å²) in [4.78, 5) is 13.3. The standard InChI is InChI=1S/C14H18N6O3S/c1-20-18-13(17-19-20)11-2-4-12(5-3-11)16-14(21)15-8-10-6-7-24(22,23)9-10/h2-5,10H,6-9H2,1H3,(H2,15,16,21)/t10-/m1/s1. The van der Waals surface area contributed by atoms with Gasteiger partial charge in [-0.15, -0.1) is 10.2 Å². The Kier molecular flexibility index (Phi) is 4.47. The van der Waals surface area contributed by atoms with Crippen LogP contribution in [0.4, 0.5) is 10.5 Å². The molecule has 128 valence electrons. The molecule has 3 rings (SSSR count). The third-order valence-electron chi connectivity index (χ3n) is 3.79. The van der Waals surface area contributed by atoms with E-state index in [1.54, 1.807) is 31.3 Å². The highest BCUT2D eigenvalue weighted by Gasteiger charge is 2.27. The number of carbonyl (C=O) groups is 1. The lowest BCUT2D eigenvalue weighted by atomic mass is 10.1. The molecule has 1 fully saturated rings. The molecule has 0 bridgehead atoms. The van der Waals surface area contributed by atoms with Crippen molar-refractivity contribution in [1.29, 1.82) is 0 Å². The third-order valence-corrected chi connectivity index (χ3v) is 5.62. The summed E-state index contributed by atoms with van der Waals surface area (Å²) in [5, 5.41) is 17.2. The van der Waals surface area contributed by atoms with E-state index in [4.69, 9.17) is 0 Å². The summed E-state index contributed by atoms with van der Waals surface area (Å²) >= 11 is 0. The minimum atomic E-state index is -2.92. The molecule has 1 aromatic carbocycles. The minimum absolute atomic E-state index is 0.00847. The lowest BCUT2D eigenvalue weighted by Crippen LogP contribution is -2.33. The van der Waals surface area contributed by atoms with Crippen LogP contribution < -0.4 is 10.6 Å². The molecule has 2 heterocycles. The van der Waals surface area contributed by atoms with Gasteiger partial charge in [0.25, 0.3) is 0 Å². The molecule has 10 heteroatoms. The van der Waals surface area contributed by atoms with Gasteiger partial charge in [-0.2, -0.15) is 4.80 Å². The molecular formula is C14H18N6O3S. The van der Waals surface area contributed by atoms with Crippen LogP contribution in [-0.4, -0.2) is 52.7 Å². The highest BCUT2D eigenvalue weighted by Crippen LogP contribution is 2.18. The first-order chi connectivity index (χ1) is 11.4. The topological polar surface area (TPSA) is 119 Å². The van der Waals surface area contributed by atoms with E-state index in [9.17, 15) is 13.2 Å². The molecule has 1 atom stereocenters. The first kappa shape index (κ1) is 16.4. The van der Waals surface area contributed by atoms with Gasteiger partial charge in [0.15, 0.2) is 9.84 Å². The summed E-state index contributed by atoms with van der Waals surface area (Å²) in [6.07, 6.45) is 0.600. The molecule has 24 heavy (non-hydrogen) atoms. The smallest absolute Gasteiger partial charge is 0.319 e. The fourth-order valence-electron chi connectivity index (χ4n) is 2.55. The number of rotatable bonds is 4. The van der Waals surface area contributed by atoms with Crippen LogP contribution in [0.25, 0.3) is 11.4 Å². The number of amides is 2. The van der Waals surface area contributed by atoms with Gasteiger partial charge in [-0.3, -0.25) is 0 Å². The van der Waals surface area contributed by atoms with Crippen LogP contribution in [0, 0.1) is 5.92 Å². The van der Waals surface area contributed by atoms with Gasteiger partial charge in [-0.25, -0.2) is 13.2 Å². The Hall–Kier alpha value is -2.49. The van der Waals surface area contributed by atoms with Crippen LogP contribution in [0.15, 0.2) is 24.3 Å². The molecule has 0 radical (unpaired) electrons. The highest BCUT2D eigenvalue weighted by molar-refractivity contribution is 7.91. The molecule has 0 saturated carbocycles. The Morgan fingerprint density at radius 2 is 2.08 bits per heavy atom. The molecule has 0 unspecified atom stereocenters. The van der Waals surface area contributed by atoms with Crippen molar-refractivity contribution < 1.29 is 13.2 Å². The maximum Gasteiger partial charge on any atom is 0.319 e. The number of nitrogens with zero attached hydrogens (tertiary/aromatic N) is 4. The molecule has 1 aliphatic rings. The molecule has 2 N–H and O–H groups in total. The number of nitrogens with one attached hydrogen (secondary N) is 2. The second-order valence-corrected chi connectivity index (χ2v) is 8.01. The zero-order valence-electron chi connectivity index (χ0n) is 13.1.